The predicted molar refractivity (Wildman–Crippen MR) is 117 cm³/mol. The van der Waals surface area contributed by atoms with Gasteiger partial charge in [0.15, 0.2) is 0 Å². The zero-order valence-corrected chi connectivity index (χ0v) is 16.7. The maximum absolute atomic E-state index is 13.2. The van der Waals surface area contributed by atoms with Gasteiger partial charge in [-0.25, -0.2) is 4.98 Å². The van der Waals surface area contributed by atoms with Crippen LogP contribution in [0.2, 0.25) is 0 Å². The SMILES string of the molecule is COc1ccccc1-c1cncc2c(=O)n(Cc3cn4cc(C)ccc4n3)ccc12. The number of imidazole rings is 1. The molecule has 6 nitrogen and oxygen atoms in total. The van der Waals surface area contributed by atoms with E-state index in [0.717, 1.165) is 39.2 Å². The lowest BCUT2D eigenvalue weighted by molar-refractivity contribution is 0.416. The van der Waals surface area contributed by atoms with Crippen LogP contribution in [0.3, 0.4) is 0 Å². The molecule has 0 fully saturated rings. The standard InChI is InChI=1S/C24H20N4O2/c1-16-7-8-23-26-17(15-28(23)13-16)14-27-10-9-18-20(11-25-12-21(18)24(27)29)19-5-3-4-6-22(19)30-2/h3-13,15H,14H2,1-2H3. The van der Waals surface area contributed by atoms with Gasteiger partial charge in [-0.15, -0.1) is 0 Å². The van der Waals surface area contributed by atoms with E-state index in [0.29, 0.717) is 11.9 Å². The van der Waals surface area contributed by atoms with Gasteiger partial charge in [-0.05, 0) is 36.1 Å². The number of fused-ring (bicyclic) bond motifs is 2. The number of hydrogen-bond donors (Lipinski definition) is 0. The molecule has 0 amide bonds. The summed E-state index contributed by atoms with van der Waals surface area (Å²) < 4.78 is 9.15. The number of rotatable bonds is 4. The normalized spacial score (nSPS) is 11.3. The molecule has 0 atom stereocenters. The summed E-state index contributed by atoms with van der Waals surface area (Å²) in [6.45, 7) is 2.44. The van der Waals surface area contributed by atoms with Crippen LogP contribution in [0.15, 0.2) is 78.2 Å². The number of ether oxygens (including phenoxy) is 1. The molecule has 148 valence electrons. The van der Waals surface area contributed by atoms with Crippen LogP contribution < -0.4 is 10.3 Å². The lowest BCUT2D eigenvalue weighted by atomic mass is 10.0. The molecule has 0 N–H and O–H groups in total. The Morgan fingerprint density at radius 1 is 0.967 bits per heavy atom. The van der Waals surface area contributed by atoms with Crippen molar-refractivity contribution in [1.82, 2.24) is 18.9 Å². The minimum Gasteiger partial charge on any atom is -0.496 e. The molecule has 0 aliphatic carbocycles. The quantitative estimate of drug-likeness (QED) is 0.459. The number of hydrogen-bond acceptors (Lipinski definition) is 4. The molecular weight excluding hydrogens is 376 g/mol. The Morgan fingerprint density at radius 2 is 1.83 bits per heavy atom. The summed E-state index contributed by atoms with van der Waals surface area (Å²) in [7, 11) is 1.64. The van der Waals surface area contributed by atoms with Crippen LogP contribution in [0.5, 0.6) is 5.75 Å². The van der Waals surface area contributed by atoms with Crippen molar-refractivity contribution in [3.63, 3.8) is 0 Å². The Morgan fingerprint density at radius 3 is 2.70 bits per heavy atom. The molecule has 1 aromatic carbocycles. The Hall–Kier alpha value is -3.93. The van der Waals surface area contributed by atoms with Crippen LogP contribution in [0.25, 0.3) is 27.5 Å². The van der Waals surface area contributed by atoms with E-state index >= 15 is 0 Å². The first-order chi connectivity index (χ1) is 14.6. The Balaban J connectivity index is 1.60. The van der Waals surface area contributed by atoms with Crippen molar-refractivity contribution in [1.29, 1.82) is 0 Å². The highest BCUT2D eigenvalue weighted by Gasteiger charge is 2.13. The van der Waals surface area contributed by atoms with Gasteiger partial charge in [-0.3, -0.25) is 9.78 Å². The number of methoxy groups -OCH3 is 1. The molecule has 0 radical (unpaired) electrons. The number of aromatic nitrogens is 4. The van der Waals surface area contributed by atoms with E-state index in [9.17, 15) is 4.79 Å². The third-order valence-corrected chi connectivity index (χ3v) is 5.28. The van der Waals surface area contributed by atoms with Gasteiger partial charge in [0, 0.05) is 42.1 Å². The molecule has 0 spiro atoms. The minimum atomic E-state index is -0.0926. The Labute approximate surface area is 173 Å². The smallest absolute Gasteiger partial charge is 0.260 e. The van der Waals surface area contributed by atoms with E-state index in [-0.39, 0.29) is 5.56 Å². The molecule has 5 aromatic rings. The van der Waals surface area contributed by atoms with Crippen LogP contribution in [0.1, 0.15) is 11.3 Å². The van der Waals surface area contributed by atoms with Crippen LogP contribution in [0.4, 0.5) is 0 Å². The van der Waals surface area contributed by atoms with Crippen molar-refractivity contribution in [2.75, 3.05) is 7.11 Å². The summed E-state index contributed by atoms with van der Waals surface area (Å²) in [5.41, 5.74) is 4.54. The van der Waals surface area contributed by atoms with Crippen LogP contribution in [-0.4, -0.2) is 26.0 Å². The van der Waals surface area contributed by atoms with Crippen molar-refractivity contribution >= 4 is 16.4 Å². The van der Waals surface area contributed by atoms with Gasteiger partial charge in [0.1, 0.15) is 11.4 Å². The number of aryl methyl sites for hydroxylation is 1. The summed E-state index contributed by atoms with van der Waals surface area (Å²) in [5, 5.41) is 1.42. The first-order valence-corrected chi connectivity index (χ1v) is 9.69. The molecule has 0 unspecified atom stereocenters. The highest BCUT2D eigenvalue weighted by Crippen LogP contribution is 2.33. The zero-order valence-electron chi connectivity index (χ0n) is 16.7. The molecule has 6 heteroatoms. The second kappa shape index (κ2) is 7.15. The summed E-state index contributed by atoms with van der Waals surface area (Å²) in [4.78, 5) is 22.2. The van der Waals surface area contributed by atoms with Gasteiger partial charge >= 0.3 is 0 Å². The van der Waals surface area contributed by atoms with E-state index in [4.69, 9.17) is 4.74 Å². The van der Waals surface area contributed by atoms with Gasteiger partial charge in [0.05, 0.1) is 24.7 Å². The number of benzene rings is 1. The summed E-state index contributed by atoms with van der Waals surface area (Å²) in [6.07, 6.45) is 9.20. The van der Waals surface area contributed by atoms with Gasteiger partial charge in [0.25, 0.3) is 5.56 Å². The number of nitrogens with zero attached hydrogens (tertiary/aromatic N) is 4. The predicted octanol–water partition coefficient (Wildman–Crippen LogP) is 4.08. The molecular formula is C24H20N4O2. The molecule has 30 heavy (non-hydrogen) atoms. The van der Waals surface area contributed by atoms with E-state index < -0.39 is 0 Å². The van der Waals surface area contributed by atoms with Crippen molar-refractivity contribution in [3.8, 4) is 16.9 Å². The molecule has 4 aromatic heterocycles. The van der Waals surface area contributed by atoms with Crippen molar-refractivity contribution in [3.05, 3.63) is 95.1 Å². The average molecular weight is 396 g/mol. The maximum atomic E-state index is 13.2. The van der Waals surface area contributed by atoms with Crippen molar-refractivity contribution in [2.24, 2.45) is 0 Å². The first-order valence-electron chi connectivity index (χ1n) is 9.69. The molecule has 0 aliphatic heterocycles. The molecule has 0 bridgehead atoms. The van der Waals surface area contributed by atoms with E-state index in [1.54, 1.807) is 24.1 Å². The van der Waals surface area contributed by atoms with Gasteiger partial charge < -0.3 is 13.7 Å². The summed E-state index contributed by atoms with van der Waals surface area (Å²) in [6, 6.07) is 13.7. The van der Waals surface area contributed by atoms with Crippen LogP contribution in [0, 0.1) is 6.92 Å². The molecule has 5 rings (SSSR count). The van der Waals surface area contributed by atoms with Crippen LogP contribution in [-0.2, 0) is 6.54 Å². The minimum absolute atomic E-state index is 0.0926. The topological polar surface area (TPSA) is 61.4 Å². The molecule has 0 saturated carbocycles. The largest absolute Gasteiger partial charge is 0.496 e. The monoisotopic (exact) mass is 396 g/mol. The van der Waals surface area contributed by atoms with Gasteiger partial charge in [0.2, 0.25) is 0 Å². The van der Waals surface area contributed by atoms with Crippen molar-refractivity contribution < 1.29 is 4.74 Å². The third kappa shape index (κ3) is 3.03. The fourth-order valence-corrected chi connectivity index (χ4v) is 3.82. The summed E-state index contributed by atoms with van der Waals surface area (Å²) in [5.74, 6) is 0.746. The Kier molecular flexibility index (Phi) is 4.32. The maximum Gasteiger partial charge on any atom is 0.260 e. The fourth-order valence-electron chi connectivity index (χ4n) is 3.82. The lowest BCUT2D eigenvalue weighted by Crippen LogP contribution is -2.20. The van der Waals surface area contributed by atoms with E-state index in [1.165, 1.54) is 0 Å². The second-order valence-electron chi connectivity index (χ2n) is 7.30. The molecule has 0 saturated heterocycles. The first kappa shape index (κ1) is 18.1. The van der Waals surface area contributed by atoms with Crippen molar-refractivity contribution in [2.45, 2.75) is 13.5 Å². The Bertz CT molecular complexity index is 1450. The highest BCUT2D eigenvalue weighted by molar-refractivity contribution is 5.96. The van der Waals surface area contributed by atoms with Crippen LogP contribution >= 0.6 is 0 Å². The highest BCUT2D eigenvalue weighted by atomic mass is 16.5. The van der Waals surface area contributed by atoms with E-state index in [2.05, 4.69) is 9.97 Å². The zero-order chi connectivity index (χ0) is 20.7. The average Bonchev–Trinajstić information content (AvgIpc) is 3.17. The molecule has 4 heterocycles. The summed E-state index contributed by atoms with van der Waals surface area (Å²) >= 11 is 0. The van der Waals surface area contributed by atoms with Gasteiger partial charge in [-0.2, -0.15) is 0 Å². The number of para-hydroxylation sites is 1. The number of pyridine rings is 3. The van der Waals surface area contributed by atoms with E-state index in [1.807, 2.05) is 72.4 Å². The van der Waals surface area contributed by atoms with Gasteiger partial charge in [-0.1, -0.05) is 24.3 Å². The fraction of sp³-hybridized carbons (Fsp3) is 0.125. The second-order valence-corrected chi connectivity index (χ2v) is 7.30. The third-order valence-electron chi connectivity index (χ3n) is 5.28. The lowest BCUT2D eigenvalue weighted by Gasteiger charge is -2.12. The molecule has 0 aliphatic rings.